The Morgan fingerprint density at radius 1 is 1.14 bits per heavy atom. The molecule has 2 rings (SSSR count). The van der Waals surface area contributed by atoms with Crippen LogP contribution < -0.4 is 4.72 Å². The lowest BCUT2D eigenvalue weighted by Crippen LogP contribution is -2.34. The van der Waals surface area contributed by atoms with Crippen LogP contribution in [0.5, 0.6) is 0 Å². The number of aliphatic hydroxyl groups excluding tert-OH is 1. The lowest BCUT2D eigenvalue weighted by atomic mass is 9.78. The number of aliphatic hydroxyl groups is 1. The zero-order chi connectivity index (χ0) is 15.3. The number of hydrogen-bond donors (Lipinski definition) is 2. The highest BCUT2D eigenvalue weighted by Gasteiger charge is 2.26. The molecule has 1 saturated carbocycles. The minimum absolute atomic E-state index is 0.186. The van der Waals surface area contributed by atoms with Crippen LogP contribution in [-0.2, 0) is 10.0 Å². The van der Waals surface area contributed by atoms with E-state index in [9.17, 15) is 8.42 Å². The predicted molar refractivity (Wildman–Crippen MR) is 83.5 cm³/mol. The molecule has 0 bridgehead atoms. The van der Waals surface area contributed by atoms with Gasteiger partial charge in [0.15, 0.2) is 0 Å². The summed E-state index contributed by atoms with van der Waals surface area (Å²) in [5.41, 5.74) is 1.05. The standard InChI is InChI=1S/C16H25NO3S/c1-13-6-8-16(9-7-13)21(19,20)17-12-15-5-3-2-4-14(15)10-11-18/h6-9,14-15,17-18H,2-5,10-12H2,1H3. The van der Waals surface area contributed by atoms with Crippen LogP contribution in [0.25, 0.3) is 0 Å². The van der Waals surface area contributed by atoms with Gasteiger partial charge in [-0.2, -0.15) is 0 Å². The monoisotopic (exact) mass is 311 g/mol. The fraction of sp³-hybridized carbons (Fsp3) is 0.625. The molecule has 1 aromatic rings. The highest BCUT2D eigenvalue weighted by Crippen LogP contribution is 2.32. The first kappa shape index (κ1) is 16.5. The summed E-state index contributed by atoms with van der Waals surface area (Å²) in [5.74, 6) is 0.774. The molecular weight excluding hydrogens is 286 g/mol. The van der Waals surface area contributed by atoms with Gasteiger partial charge in [-0.15, -0.1) is 0 Å². The third-order valence-electron chi connectivity index (χ3n) is 4.43. The fourth-order valence-electron chi connectivity index (χ4n) is 3.12. The molecule has 1 aromatic carbocycles. The topological polar surface area (TPSA) is 66.4 Å². The molecule has 0 saturated heterocycles. The molecule has 118 valence electrons. The third-order valence-corrected chi connectivity index (χ3v) is 5.87. The molecule has 4 nitrogen and oxygen atoms in total. The molecule has 0 radical (unpaired) electrons. The normalized spacial score (nSPS) is 23.1. The largest absolute Gasteiger partial charge is 0.396 e. The van der Waals surface area contributed by atoms with Crippen LogP contribution in [0.15, 0.2) is 29.2 Å². The Hall–Kier alpha value is -0.910. The minimum atomic E-state index is -3.43. The van der Waals surface area contributed by atoms with E-state index in [1.807, 2.05) is 19.1 Å². The molecule has 2 N–H and O–H groups in total. The summed E-state index contributed by atoms with van der Waals surface area (Å²) >= 11 is 0. The SMILES string of the molecule is Cc1ccc(S(=O)(=O)NCC2CCCCC2CCO)cc1. The van der Waals surface area contributed by atoms with E-state index in [2.05, 4.69) is 4.72 Å². The summed E-state index contributed by atoms with van der Waals surface area (Å²) in [6.45, 7) is 2.60. The van der Waals surface area contributed by atoms with Gasteiger partial charge in [0, 0.05) is 13.2 Å². The molecule has 0 aromatic heterocycles. The smallest absolute Gasteiger partial charge is 0.240 e. The van der Waals surface area contributed by atoms with Gasteiger partial charge in [0.25, 0.3) is 0 Å². The van der Waals surface area contributed by atoms with Gasteiger partial charge in [-0.05, 0) is 43.7 Å². The van der Waals surface area contributed by atoms with Gasteiger partial charge in [0.05, 0.1) is 4.90 Å². The van der Waals surface area contributed by atoms with Gasteiger partial charge in [-0.1, -0.05) is 37.0 Å². The molecule has 5 heteroatoms. The van der Waals surface area contributed by atoms with Crippen molar-refractivity contribution < 1.29 is 13.5 Å². The second-order valence-corrected chi connectivity index (χ2v) is 7.75. The summed E-state index contributed by atoms with van der Waals surface area (Å²) in [7, 11) is -3.43. The van der Waals surface area contributed by atoms with E-state index in [1.54, 1.807) is 12.1 Å². The molecule has 21 heavy (non-hydrogen) atoms. The quantitative estimate of drug-likeness (QED) is 0.848. The molecule has 1 aliphatic carbocycles. The number of rotatable bonds is 6. The van der Waals surface area contributed by atoms with Crippen LogP contribution in [0.2, 0.25) is 0 Å². The first-order valence-electron chi connectivity index (χ1n) is 7.70. The van der Waals surface area contributed by atoms with E-state index >= 15 is 0 Å². The lowest BCUT2D eigenvalue weighted by molar-refractivity contribution is 0.177. The number of nitrogens with one attached hydrogen (secondary N) is 1. The van der Waals surface area contributed by atoms with Gasteiger partial charge in [0.1, 0.15) is 0 Å². The van der Waals surface area contributed by atoms with Crippen molar-refractivity contribution in [2.45, 2.75) is 43.9 Å². The summed E-state index contributed by atoms with van der Waals surface area (Å²) in [6.07, 6.45) is 5.25. The van der Waals surface area contributed by atoms with E-state index in [4.69, 9.17) is 5.11 Å². The van der Waals surface area contributed by atoms with Gasteiger partial charge in [-0.3, -0.25) is 0 Å². The number of sulfonamides is 1. The molecule has 0 heterocycles. The number of hydrogen-bond acceptors (Lipinski definition) is 3. The van der Waals surface area contributed by atoms with Crippen molar-refractivity contribution >= 4 is 10.0 Å². The van der Waals surface area contributed by atoms with Crippen molar-refractivity contribution in [1.29, 1.82) is 0 Å². The van der Waals surface area contributed by atoms with Crippen LogP contribution in [0.4, 0.5) is 0 Å². The van der Waals surface area contributed by atoms with Crippen LogP contribution in [0.1, 0.15) is 37.7 Å². The number of aryl methyl sites for hydroxylation is 1. The van der Waals surface area contributed by atoms with Crippen LogP contribution >= 0.6 is 0 Å². The molecule has 0 amide bonds. The third kappa shape index (κ3) is 4.53. The number of benzene rings is 1. The highest BCUT2D eigenvalue weighted by atomic mass is 32.2. The molecule has 2 atom stereocenters. The van der Waals surface area contributed by atoms with Gasteiger partial charge >= 0.3 is 0 Å². The lowest BCUT2D eigenvalue weighted by Gasteiger charge is -2.31. The molecule has 1 fully saturated rings. The van der Waals surface area contributed by atoms with Gasteiger partial charge in [0.2, 0.25) is 10.0 Å². The van der Waals surface area contributed by atoms with E-state index in [0.717, 1.165) is 31.2 Å². The maximum Gasteiger partial charge on any atom is 0.240 e. The minimum Gasteiger partial charge on any atom is -0.396 e. The van der Waals surface area contributed by atoms with Crippen molar-refractivity contribution in [3.05, 3.63) is 29.8 Å². The molecule has 2 unspecified atom stereocenters. The van der Waals surface area contributed by atoms with Crippen molar-refractivity contribution in [2.24, 2.45) is 11.8 Å². The summed E-state index contributed by atoms with van der Waals surface area (Å²) in [6, 6.07) is 6.90. The van der Waals surface area contributed by atoms with Gasteiger partial charge < -0.3 is 5.11 Å². The Kier molecular flexibility index (Phi) is 5.79. The maximum absolute atomic E-state index is 12.3. The summed E-state index contributed by atoms with van der Waals surface area (Å²) in [5, 5.41) is 9.13. The zero-order valence-corrected chi connectivity index (χ0v) is 13.4. The molecular formula is C16H25NO3S. The Balaban J connectivity index is 1.98. The summed E-state index contributed by atoms with van der Waals surface area (Å²) in [4.78, 5) is 0.322. The highest BCUT2D eigenvalue weighted by molar-refractivity contribution is 7.89. The Morgan fingerprint density at radius 3 is 2.38 bits per heavy atom. The molecule has 0 aliphatic heterocycles. The van der Waals surface area contributed by atoms with Crippen molar-refractivity contribution in [3.63, 3.8) is 0 Å². The first-order valence-corrected chi connectivity index (χ1v) is 9.18. The first-order chi connectivity index (χ1) is 10.0. The van der Waals surface area contributed by atoms with Crippen molar-refractivity contribution in [3.8, 4) is 0 Å². The van der Waals surface area contributed by atoms with E-state index in [0.29, 0.717) is 23.3 Å². The molecule has 0 spiro atoms. The second kappa shape index (κ2) is 7.38. The molecule has 1 aliphatic rings. The van der Waals surface area contributed by atoms with Crippen LogP contribution in [0.3, 0.4) is 0 Å². The van der Waals surface area contributed by atoms with Gasteiger partial charge in [-0.25, -0.2) is 13.1 Å². The van der Waals surface area contributed by atoms with Crippen molar-refractivity contribution in [2.75, 3.05) is 13.2 Å². The van der Waals surface area contributed by atoms with Crippen LogP contribution in [-0.4, -0.2) is 26.7 Å². The Morgan fingerprint density at radius 2 is 1.76 bits per heavy atom. The zero-order valence-electron chi connectivity index (χ0n) is 12.6. The fourth-order valence-corrected chi connectivity index (χ4v) is 4.21. The summed E-state index contributed by atoms with van der Waals surface area (Å²) < 4.78 is 27.3. The van der Waals surface area contributed by atoms with E-state index in [1.165, 1.54) is 6.42 Å². The van der Waals surface area contributed by atoms with Crippen molar-refractivity contribution in [1.82, 2.24) is 4.72 Å². The van der Waals surface area contributed by atoms with E-state index < -0.39 is 10.0 Å². The average Bonchev–Trinajstić information content (AvgIpc) is 2.47. The van der Waals surface area contributed by atoms with Crippen LogP contribution in [0, 0.1) is 18.8 Å². The second-order valence-electron chi connectivity index (χ2n) is 5.98. The predicted octanol–water partition coefficient (Wildman–Crippen LogP) is 2.46. The maximum atomic E-state index is 12.3. The average molecular weight is 311 g/mol. The Labute approximate surface area is 127 Å². The Bertz CT molecular complexity index is 537. The van der Waals surface area contributed by atoms with E-state index in [-0.39, 0.29) is 6.61 Å².